The first kappa shape index (κ1) is 17.4. The van der Waals surface area contributed by atoms with Crippen LogP contribution in [0.3, 0.4) is 0 Å². The number of benzene rings is 1. The van der Waals surface area contributed by atoms with Crippen LogP contribution in [0.25, 0.3) is 0 Å². The second-order valence-electron chi connectivity index (χ2n) is 6.77. The first-order chi connectivity index (χ1) is 12.1. The van der Waals surface area contributed by atoms with Gasteiger partial charge in [-0.15, -0.1) is 0 Å². The zero-order chi connectivity index (χ0) is 17.6. The molecule has 1 aromatic carbocycles. The van der Waals surface area contributed by atoms with Gasteiger partial charge >= 0.3 is 0 Å². The predicted molar refractivity (Wildman–Crippen MR) is 99.6 cm³/mol. The third-order valence-corrected chi connectivity index (χ3v) is 4.50. The molecule has 132 valence electrons. The van der Waals surface area contributed by atoms with E-state index in [4.69, 9.17) is 0 Å². The van der Waals surface area contributed by atoms with Crippen LogP contribution in [0.15, 0.2) is 30.3 Å². The lowest BCUT2D eigenvalue weighted by Gasteiger charge is -2.20. The molecule has 0 aliphatic carbocycles. The topological polar surface area (TPSA) is 58.1 Å². The van der Waals surface area contributed by atoms with E-state index in [0.717, 1.165) is 31.6 Å². The van der Waals surface area contributed by atoms with E-state index in [1.54, 1.807) is 6.07 Å². The highest BCUT2D eigenvalue weighted by atomic mass is 16.2. The maximum absolute atomic E-state index is 12.8. The fourth-order valence-corrected chi connectivity index (χ4v) is 3.20. The van der Waals surface area contributed by atoms with Gasteiger partial charge in [-0.3, -0.25) is 4.79 Å². The third kappa shape index (κ3) is 4.78. The first-order valence-electron chi connectivity index (χ1n) is 9.06. The Morgan fingerprint density at radius 1 is 1.08 bits per heavy atom. The summed E-state index contributed by atoms with van der Waals surface area (Å²) in [6.45, 7) is 6.27. The normalized spacial score (nSPS) is 14.9. The Morgan fingerprint density at radius 3 is 2.56 bits per heavy atom. The largest absolute Gasteiger partial charge is 0.350 e. The summed E-state index contributed by atoms with van der Waals surface area (Å²) >= 11 is 0. The predicted octanol–water partition coefficient (Wildman–Crippen LogP) is 3.72. The minimum Gasteiger partial charge on any atom is -0.350 e. The van der Waals surface area contributed by atoms with E-state index in [1.807, 2.05) is 17.9 Å². The van der Waals surface area contributed by atoms with Crippen LogP contribution in [-0.2, 0) is 6.54 Å². The number of anilines is 1. The van der Waals surface area contributed by atoms with Gasteiger partial charge in [-0.1, -0.05) is 42.7 Å². The molecular formula is C20H26N4O. The number of aromatic nitrogens is 2. The highest BCUT2D eigenvalue weighted by molar-refractivity contribution is 5.92. The van der Waals surface area contributed by atoms with Crippen molar-refractivity contribution in [3.63, 3.8) is 0 Å². The summed E-state index contributed by atoms with van der Waals surface area (Å²) in [6, 6.07) is 10.1. The van der Waals surface area contributed by atoms with Crippen LogP contribution >= 0.6 is 0 Å². The highest BCUT2D eigenvalue weighted by Crippen LogP contribution is 2.14. The monoisotopic (exact) mass is 338 g/mol. The average molecular weight is 338 g/mol. The van der Waals surface area contributed by atoms with E-state index < -0.39 is 0 Å². The Balaban J connectivity index is 1.72. The number of aryl methyl sites for hydroxylation is 2. The van der Waals surface area contributed by atoms with Crippen LogP contribution < -0.4 is 5.32 Å². The van der Waals surface area contributed by atoms with Gasteiger partial charge in [-0.2, -0.15) is 0 Å². The van der Waals surface area contributed by atoms with Gasteiger partial charge in [0.2, 0.25) is 5.95 Å². The van der Waals surface area contributed by atoms with Crippen molar-refractivity contribution < 1.29 is 4.79 Å². The van der Waals surface area contributed by atoms with E-state index in [9.17, 15) is 4.79 Å². The highest BCUT2D eigenvalue weighted by Gasteiger charge is 2.19. The van der Waals surface area contributed by atoms with Gasteiger partial charge in [0.15, 0.2) is 0 Å². The number of likely N-dealkylation sites (tertiary alicyclic amines) is 1. The summed E-state index contributed by atoms with van der Waals surface area (Å²) in [7, 11) is 0. The lowest BCUT2D eigenvalue weighted by molar-refractivity contribution is 0.0755. The summed E-state index contributed by atoms with van der Waals surface area (Å²) in [5, 5.41) is 3.25. The van der Waals surface area contributed by atoms with Crippen LogP contribution in [-0.4, -0.2) is 33.9 Å². The van der Waals surface area contributed by atoms with Crippen LogP contribution in [0.2, 0.25) is 0 Å². The van der Waals surface area contributed by atoms with Crippen LogP contribution in [0.1, 0.15) is 53.0 Å². The summed E-state index contributed by atoms with van der Waals surface area (Å²) in [5.41, 5.74) is 3.69. The number of hydrogen-bond acceptors (Lipinski definition) is 4. The Labute approximate surface area is 149 Å². The molecule has 1 saturated heterocycles. The van der Waals surface area contributed by atoms with Crippen molar-refractivity contribution in [3.05, 3.63) is 52.8 Å². The molecule has 1 aliphatic heterocycles. The Kier molecular flexibility index (Phi) is 5.64. The van der Waals surface area contributed by atoms with Gasteiger partial charge in [0.05, 0.1) is 0 Å². The first-order valence-corrected chi connectivity index (χ1v) is 9.06. The minimum absolute atomic E-state index is 0.0194. The number of carbonyl (C=O) groups excluding carboxylic acids is 1. The van der Waals surface area contributed by atoms with Crippen LogP contribution in [0, 0.1) is 13.8 Å². The molecule has 25 heavy (non-hydrogen) atoms. The zero-order valence-corrected chi connectivity index (χ0v) is 15.1. The van der Waals surface area contributed by atoms with Crippen LogP contribution in [0.4, 0.5) is 5.95 Å². The molecule has 1 N–H and O–H groups in total. The summed E-state index contributed by atoms with van der Waals surface area (Å²) in [5.74, 6) is 0.533. The zero-order valence-electron chi connectivity index (χ0n) is 15.1. The van der Waals surface area contributed by atoms with Crippen LogP contribution in [0.5, 0.6) is 0 Å². The lowest BCUT2D eigenvalue weighted by Crippen LogP contribution is -2.32. The summed E-state index contributed by atoms with van der Waals surface area (Å²) in [6.07, 6.45) is 4.56. The van der Waals surface area contributed by atoms with Gasteiger partial charge < -0.3 is 10.2 Å². The van der Waals surface area contributed by atoms with Crippen molar-refractivity contribution in [2.24, 2.45) is 0 Å². The number of hydrogen-bond donors (Lipinski definition) is 1. The van der Waals surface area contributed by atoms with Crippen molar-refractivity contribution in [2.75, 3.05) is 18.4 Å². The molecule has 0 bridgehead atoms. The number of amides is 1. The van der Waals surface area contributed by atoms with E-state index in [2.05, 4.69) is 40.4 Å². The molecule has 5 nitrogen and oxygen atoms in total. The Bertz CT molecular complexity index is 736. The maximum atomic E-state index is 12.8. The summed E-state index contributed by atoms with van der Waals surface area (Å²) < 4.78 is 0. The SMILES string of the molecule is Cc1cccc(CNc2nc(C)cc(C(=O)N3CCCCCC3)n2)c1. The van der Waals surface area contributed by atoms with Gasteiger partial charge in [0.1, 0.15) is 5.69 Å². The molecule has 1 aliphatic rings. The molecule has 0 spiro atoms. The molecular weight excluding hydrogens is 312 g/mol. The Morgan fingerprint density at radius 2 is 1.84 bits per heavy atom. The van der Waals surface area contributed by atoms with E-state index >= 15 is 0 Å². The second kappa shape index (κ2) is 8.10. The molecule has 2 heterocycles. The van der Waals surface area contributed by atoms with E-state index in [-0.39, 0.29) is 5.91 Å². The molecule has 0 radical (unpaired) electrons. The maximum Gasteiger partial charge on any atom is 0.272 e. The fourth-order valence-electron chi connectivity index (χ4n) is 3.20. The van der Waals surface area contributed by atoms with Crippen molar-refractivity contribution in [2.45, 2.75) is 46.1 Å². The van der Waals surface area contributed by atoms with Crippen molar-refractivity contribution in [1.29, 1.82) is 0 Å². The molecule has 3 rings (SSSR count). The average Bonchev–Trinajstić information content (AvgIpc) is 2.88. The smallest absolute Gasteiger partial charge is 0.272 e. The van der Waals surface area contributed by atoms with E-state index in [0.29, 0.717) is 18.2 Å². The lowest BCUT2D eigenvalue weighted by atomic mass is 10.1. The van der Waals surface area contributed by atoms with Crippen molar-refractivity contribution in [1.82, 2.24) is 14.9 Å². The van der Waals surface area contributed by atoms with Crippen molar-refractivity contribution >= 4 is 11.9 Å². The molecule has 5 heteroatoms. The molecule has 1 fully saturated rings. The minimum atomic E-state index is 0.0194. The summed E-state index contributed by atoms with van der Waals surface area (Å²) in [4.78, 5) is 23.6. The fraction of sp³-hybridized carbons (Fsp3) is 0.450. The number of nitrogens with zero attached hydrogens (tertiary/aromatic N) is 3. The number of carbonyl (C=O) groups is 1. The van der Waals surface area contributed by atoms with Gasteiger partial charge in [0, 0.05) is 25.3 Å². The molecule has 0 unspecified atom stereocenters. The molecule has 1 amide bonds. The van der Waals surface area contributed by atoms with Gasteiger partial charge in [-0.25, -0.2) is 9.97 Å². The Hall–Kier alpha value is -2.43. The quantitative estimate of drug-likeness (QED) is 0.923. The van der Waals surface area contributed by atoms with Gasteiger partial charge in [0.25, 0.3) is 5.91 Å². The third-order valence-electron chi connectivity index (χ3n) is 4.50. The second-order valence-corrected chi connectivity index (χ2v) is 6.77. The number of rotatable bonds is 4. The van der Waals surface area contributed by atoms with E-state index in [1.165, 1.54) is 24.0 Å². The standard InChI is InChI=1S/C20H26N4O/c1-15-8-7-9-17(12-15)14-21-20-22-16(2)13-18(23-20)19(25)24-10-5-3-4-6-11-24/h7-9,12-13H,3-6,10-11,14H2,1-2H3,(H,21,22,23). The number of nitrogens with one attached hydrogen (secondary N) is 1. The molecule has 0 saturated carbocycles. The van der Waals surface area contributed by atoms with Gasteiger partial charge in [-0.05, 0) is 38.3 Å². The molecule has 2 aromatic rings. The van der Waals surface area contributed by atoms with Crippen molar-refractivity contribution in [3.8, 4) is 0 Å². The molecule has 1 aromatic heterocycles. The molecule has 0 atom stereocenters.